The van der Waals surface area contributed by atoms with Crippen molar-refractivity contribution >= 4 is 16.1 Å². The number of ether oxygens (including phenoxy) is 1. The van der Waals surface area contributed by atoms with E-state index < -0.39 is 16.1 Å². The van der Waals surface area contributed by atoms with E-state index in [1.807, 2.05) is 0 Å². The van der Waals surface area contributed by atoms with E-state index in [4.69, 9.17) is 0 Å². The molecule has 21 heavy (non-hydrogen) atoms. The highest BCUT2D eigenvalue weighted by atomic mass is 32.2. The van der Waals surface area contributed by atoms with Crippen LogP contribution in [0.1, 0.15) is 12.5 Å². The van der Waals surface area contributed by atoms with Crippen molar-refractivity contribution in [1.82, 2.24) is 9.62 Å². The highest BCUT2D eigenvalue weighted by Crippen LogP contribution is 2.09. The highest BCUT2D eigenvalue weighted by molar-refractivity contribution is 7.88. The highest BCUT2D eigenvalue weighted by Gasteiger charge is 2.17. The topological polar surface area (TPSA) is 75.7 Å². The van der Waals surface area contributed by atoms with Gasteiger partial charge in [-0.3, -0.25) is 0 Å². The first-order chi connectivity index (χ1) is 9.82. The van der Waals surface area contributed by atoms with Crippen LogP contribution in [0.3, 0.4) is 0 Å². The Hall–Kier alpha value is -1.67. The Morgan fingerprint density at radius 1 is 1.33 bits per heavy atom. The lowest BCUT2D eigenvalue weighted by molar-refractivity contribution is 0.151. The predicted octanol–water partition coefficient (Wildman–Crippen LogP) is 1.33. The molecule has 0 atom stereocenters. The molecule has 1 rings (SSSR count). The molecule has 118 valence electrons. The van der Waals surface area contributed by atoms with Gasteiger partial charge in [0.1, 0.15) is 5.82 Å². The summed E-state index contributed by atoms with van der Waals surface area (Å²) in [6.45, 7) is 2.28. The van der Waals surface area contributed by atoms with Gasteiger partial charge in [0.15, 0.2) is 0 Å². The average molecular weight is 318 g/mol. The van der Waals surface area contributed by atoms with E-state index in [2.05, 4.69) is 10.1 Å². The Morgan fingerprint density at radius 3 is 2.48 bits per heavy atom. The maximum Gasteiger partial charge on any atom is 0.407 e. The van der Waals surface area contributed by atoms with Gasteiger partial charge in [-0.1, -0.05) is 12.1 Å². The Kier molecular flexibility index (Phi) is 6.57. The van der Waals surface area contributed by atoms with Crippen LogP contribution in [-0.4, -0.2) is 44.8 Å². The lowest BCUT2D eigenvalue weighted by atomic mass is 10.2. The van der Waals surface area contributed by atoms with Gasteiger partial charge < -0.3 is 10.1 Å². The summed E-state index contributed by atoms with van der Waals surface area (Å²) in [4.78, 5) is 11.1. The van der Waals surface area contributed by atoms with Gasteiger partial charge in [-0.05, 0) is 24.6 Å². The SMILES string of the molecule is CCOC(=O)NCCN(Cc1ccc(F)cc1)S(C)(=O)=O. The largest absolute Gasteiger partial charge is 0.450 e. The van der Waals surface area contributed by atoms with Crippen molar-refractivity contribution in [2.24, 2.45) is 0 Å². The summed E-state index contributed by atoms with van der Waals surface area (Å²) in [5, 5.41) is 2.45. The third-order valence-electron chi connectivity index (χ3n) is 2.65. The van der Waals surface area contributed by atoms with Crippen molar-refractivity contribution < 1.29 is 22.3 Å². The van der Waals surface area contributed by atoms with Crippen LogP contribution in [0, 0.1) is 5.82 Å². The lowest BCUT2D eigenvalue weighted by Gasteiger charge is -2.20. The second-order valence-electron chi connectivity index (χ2n) is 4.37. The Morgan fingerprint density at radius 2 is 1.95 bits per heavy atom. The molecule has 0 aliphatic carbocycles. The zero-order valence-corrected chi connectivity index (χ0v) is 12.8. The fourth-order valence-electron chi connectivity index (χ4n) is 1.62. The summed E-state index contributed by atoms with van der Waals surface area (Å²) in [5.41, 5.74) is 0.665. The molecule has 0 heterocycles. The second kappa shape index (κ2) is 7.94. The van der Waals surface area contributed by atoms with Crippen molar-refractivity contribution in [3.8, 4) is 0 Å². The van der Waals surface area contributed by atoms with Crippen LogP contribution in [0.2, 0.25) is 0 Å². The number of alkyl carbamates (subject to hydrolysis) is 1. The molecule has 1 aromatic carbocycles. The quantitative estimate of drug-likeness (QED) is 0.823. The van der Waals surface area contributed by atoms with Gasteiger partial charge in [-0.2, -0.15) is 4.31 Å². The van der Waals surface area contributed by atoms with Crippen LogP contribution in [0.15, 0.2) is 24.3 Å². The maximum atomic E-state index is 12.8. The molecule has 0 aliphatic heterocycles. The zero-order valence-electron chi connectivity index (χ0n) is 12.0. The van der Waals surface area contributed by atoms with Crippen molar-refractivity contribution in [2.75, 3.05) is 26.0 Å². The second-order valence-corrected chi connectivity index (χ2v) is 6.35. The van der Waals surface area contributed by atoms with E-state index in [0.717, 1.165) is 6.26 Å². The van der Waals surface area contributed by atoms with Gasteiger partial charge >= 0.3 is 6.09 Å². The van der Waals surface area contributed by atoms with E-state index in [0.29, 0.717) is 5.56 Å². The van der Waals surface area contributed by atoms with E-state index in [1.165, 1.54) is 28.6 Å². The molecule has 0 bridgehead atoms. The minimum atomic E-state index is -3.44. The summed E-state index contributed by atoms with van der Waals surface area (Å²) in [5.74, 6) is -0.381. The fraction of sp³-hybridized carbons (Fsp3) is 0.462. The van der Waals surface area contributed by atoms with Crippen LogP contribution in [-0.2, 0) is 21.3 Å². The molecule has 1 N–H and O–H groups in total. The molecule has 0 saturated heterocycles. The Bertz CT molecular complexity index is 560. The molecule has 1 amide bonds. The van der Waals surface area contributed by atoms with Crippen LogP contribution in [0.4, 0.5) is 9.18 Å². The number of benzene rings is 1. The third kappa shape index (κ3) is 6.54. The molecule has 0 spiro atoms. The number of nitrogens with one attached hydrogen (secondary N) is 1. The van der Waals surface area contributed by atoms with Gasteiger partial charge in [0.25, 0.3) is 0 Å². The first-order valence-electron chi connectivity index (χ1n) is 6.43. The third-order valence-corrected chi connectivity index (χ3v) is 3.90. The number of carbonyl (C=O) groups excluding carboxylic acids is 1. The lowest BCUT2D eigenvalue weighted by Crippen LogP contribution is -2.37. The minimum Gasteiger partial charge on any atom is -0.450 e. The molecule has 1 aromatic rings. The monoisotopic (exact) mass is 318 g/mol. The zero-order chi connectivity index (χ0) is 15.9. The molecular formula is C13H19FN2O4S. The average Bonchev–Trinajstić information content (AvgIpc) is 2.39. The minimum absolute atomic E-state index is 0.106. The molecule has 0 aromatic heterocycles. The van der Waals surface area contributed by atoms with Gasteiger partial charge in [0, 0.05) is 19.6 Å². The summed E-state index contributed by atoms with van der Waals surface area (Å²) in [6.07, 6.45) is 0.494. The number of nitrogens with zero attached hydrogens (tertiary/aromatic N) is 1. The van der Waals surface area contributed by atoms with E-state index >= 15 is 0 Å². The molecular weight excluding hydrogens is 299 g/mol. The van der Waals surface area contributed by atoms with Crippen molar-refractivity contribution in [2.45, 2.75) is 13.5 Å². The number of sulfonamides is 1. The van der Waals surface area contributed by atoms with Crippen molar-refractivity contribution in [3.05, 3.63) is 35.6 Å². The van der Waals surface area contributed by atoms with E-state index in [-0.39, 0.29) is 32.1 Å². The molecule has 0 radical (unpaired) electrons. The smallest absolute Gasteiger partial charge is 0.407 e. The van der Waals surface area contributed by atoms with Crippen LogP contribution >= 0.6 is 0 Å². The van der Waals surface area contributed by atoms with Crippen molar-refractivity contribution in [1.29, 1.82) is 0 Å². The first kappa shape index (κ1) is 17.4. The van der Waals surface area contributed by atoms with Crippen LogP contribution < -0.4 is 5.32 Å². The summed E-state index contributed by atoms with van der Waals surface area (Å²) < 4.78 is 42.1. The van der Waals surface area contributed by atoms with Gasteiger partial charge in [0.05, 0.1) is 12.9 Å². The molecule has 0 saturated carbocycles. The Labute approximate surface area is 123 Å². The maximum absolute atomic E-state index is 12.8. The number of rotatable bonds is 7. The number of amides is 1. The summed E-state index contributed by atoms with van der Waals surface area (Å²) in [7, 11) is -3.44. The molecule has 0 aliphatic rings. The number of carbonyl (C=O) groups is 1. The summed E-state index contributed by atoms with van der Waals surface area (Å²) >= 11 is 0. The van der Waals surface area contributed by atoms with Gasteiger partial charge in [-0.15, -0.1) is 0 Å². The number of hydrogen-bond acceptors (Lipinski definition) is 4. The van der Waals surface area contributed by atoms with Gasteiger partial charge in [0.2, 0.25) is 10.0 Å². The fourth-order valence-corrected chi connectivity index (χ4v) is 2.43. The van der Waals surface area contributed by atoms with Crippen molar-refractivity contribution in [3.63, 3.8) is 0 Å². The van der Waals surface area contributed by atoms with E-state index in [9.17, 15) is 17.6 Å². The van der Waals surface area contributed by atoms with E-state index in [1.54, 1.807) is 6.92 Å². The Balaban J connectivity index is 2.61. The summed E-state index contributed by atoms with van der Waals surface area (Å²) in [6, 6.07) is 5.58. The van der Waals surface area contributed by atoms with Crippen LogP contribution in [0.5, 0.6) is 0 Å². The molecule has 0 unspecified atom stereocenters. The molecule has 6 nitrogen and oxygen atoms in total. The molecule has 0 fully saturated rings. The number of halogens is 1. The normalized spacial score (nSPS) is 11.4. The standard InChI is InChI=1S/C13H19FN2O4S/c1-3-20-13(17)15-8-9-16(21(2,18)19)10-11-4-6-12(14)7-5-11/h4-7H,3,8-10H2,1-2H3,(H,15,17). The predicted molar refractivity (Wildman–Crippen MR) is 76.7 cm³/mol. The van der Waals surface area contributed by atoms with Gasteiger partial charge in [-0.25, -0.2) is 17.6 Å². The van der Waals surface area contributed by atoms with Crippen LogP contribution in [0.25, 0.3) is 0 Å². The molecule has 8 heteroatoms. The number of hydrogen-bond donors (Lipinski definition) is 1. The first-order valence-corrected chi connectivity index (χ1v) is 8.28.